The highest BCUT2D eigenvalue weighted by Gasteiger charge is 2.33. The molecule has 28 heavy (non-hydrogen) atoms. The van der Waals surface area contributed by atoms with Crippen LogP contribution in [0.2, 0.25) is 5.02 Å². The van der Waals surface area contributed by atoms with E-state index in [1.54, 1.807) is 12.1 Å². The van der Waals surface area contributed by atoms with E-state index in [1.165, 1.54) is 12.0 Å². The lowest BCUT2D eigenvalue weighted by molar-refractivity contribution is -0.143. The number of halogens is 1. The van der Waals surface area contributed by atoms with Gasteiger partial charge in [-0.2, -0.15) is 0 Å². The first-order valence-corrected chi connectivity index (χ1v) is 9.87. The summed E-state index contributed by atoms with van der Waals surface area (Å²) in [5.74, 6) is -0.247. The van der Waals surface area contributed by atoms with Crippen molar-refractivity contribution in [3.8, 4) is 5.75 Å². The monoisotopic (exact) mass is 433 g/mol. The molecule has 0 aromatic heterocycles. The second-order valence-electron chi connectivity index (χ2n) is 5.76. The van der Waals surface area contributed by atoms with Crippen molar-refractivity contribution in [1.29, 1.82) is 0 Å². The van der Waals surface area contributed by atoms with Crippen molar-refractivity contribution < 1.29 is 19.1 Å². The third-order valence-corrected chi connectivity index (χ3v) is 5.68. The van der Waals surface area contributed by atoms with E-state index in [9.17, 15) is 9.59 Å². The molecule has 1 saturated heterocycles. The van der Waals surface area contributed by atoms with Crippen molar-refractivity contribution in [2.75, 3.05) is 13.7 Å². The molecule has 0 spiro atoms. The third kappa shape index (κ3) is 4.73. The van der Waals surface area contributed by atoms with E-state index in [0.717, 1.165) is 22.9 Å². The largest absolute Gasteiger partial charge is 0.488 e. The summed E-state index contributed by atoms with van der Waals surface area (Å²) in [4.78, 5) is 25.7. The van der Waals surface area contributed by atoms with Gasteiger partial charge in [0.2, 0.25) is 0 Å². The number of esters is 1. The van der Waals surface area contributed by atoms with Gasteiger partial charge in [0.05, 0.1) is 12.0 Å². The van der Waals surface area contributed by atoms with Crippen molar-refractivity contribution in [3.63, 3.8) is 0 Å². The van der Waals surface area contributed by atoms with Crippen LogP contribution in [0.25, 0.3) is 6.08 Å². The highest BCUT2D eigenvalue weighted by atomic mass is 35.5. The molecule has 3 rings (SSSR count). The Morgan fingerprint density at radius 1 is 1.21 bits per heavy atom. The first-order valence-electron chi connectivity index (χ1n) is 8.27. The van der Waals surface area contributed by atoms with Crippen molar-refractivity contribution in [1.82, 2.24) is 4.90 Å². The molecule has 1 amide bonds. The Kier molecular flexibility index (Phi) is 6.72. The molecule has 0 radical (unpaired) electrons. The van der Waals surface area contributed by atoms with Crippen LogP contribution in [0.3, 0.4) is 0 Å². The molecule has 0 atom stereocenters. The summed E-state index contributed by atoms with van der Waals surface area (Å²) in [6, 6.07) is 14.8. The summed E-state index contributed by atoms with van der Waals surface area (Å²) in [7, 11) is 1.27. The molecule has 0 unspecified atom stereocenters. The van der Waals surface area contributed by atoms with Crippen LogP contribution in [0.4, 0.5) is 0 Å². The fraction of sp³-hybridized carbons (Fsp3) is 0.150. The van der Waals surface area contributed by atoms with Crippen LogP contribution in [0.5, 0.6) is 5.75 Å². The number of benzene rings is 2. The zero-order valence-corrected chi connectivity index (χ0v) is 17.3. The Labute approximate surface area is 177 Å². The first kappa shape index (κ1) is 20.4. The van der Waals surface area contributed by atoms with Crippen molar-refractivity contribution in [3.05, 3.63) is 69.6 Å². The number of thioether (sulfide) groups is 1. The van der Waals surface area contributed by atoms with Gasteiger partial charge in [0, 0.05) is 16.1 Å². The Morgan fingerprint density at radius 3 is 2.68 bits per heavy atom. The fourth-order valence-corrected chi connectivity index (χ4v) is 3.91. The minimum Gasteiger partial charge on any atom is -0.488 e. The van der Waals surface area contributed by atoms with E-state index in [1.807, 2.05) is 42.5 Å². The molecule has 5 nitrogen and oxygen atoms in total. The molecular weight excluding hydrogens is 418 g/mol. The van der Waals surface area contributed by atoms with Crippen LogP contribution in [-0.2, 0) is 20.9 Å². The number of rotatable bonds is 6. The zero-order valence-electron chi connectivity index (χ0n) is 14.9. The summed E-state index contributed by atoms with van der Waals surface area (Å²) in [5.41, 5.74) is 1.59. The van der Waals surface area contributed by atoms with Gasteiger partial charge in [-0.15, -0.1) is 0 Å². The van der Waals surface area contributed by atoms with Gasteiger partial charge in [0.15, 0.2) is 0 Å². The number of nitrogens with zero attached hydrogens (tertiary/aromatic N) is 1. The maximum Gasteiger partial charge on any atom is 0.325 e. The molecule has 0 bridgehead atoms. The Morgan fingerprint density at radius 2 is 1.93 bits per heavy atom. The predicted molar refractivity (Wildman–Crippen MR) is 114 cm³/mol. The molecule has 1 aliphatic heterocycles. The standard InChI is InChI=1S/C20H16ClNO4S2/c1-25-18(23)11-22-19(24)17(28-20(22)27)10-13-6-3-5-9-16(13)26-12-14-7-2-4-8-15(14)21/h2-10H,11-12H2,1H3/b17-10-. The lowest BCUT2D eigenvalue weighted by Crippen LogP contribution is -2.33. The average Bonchev–Trinajstić information content (AvgIpc) is 2.95. The van der Waals surface area contributed by atoms with E-state index < -0.39 is 5.97 Å². The molecule has 0 aliphatic carbocycles. The number of carbonyl (C=O) groups is 2. The van der Waals surface area contributed by atoms with Gasteiger partial charge >= 0.3 is 5.97 Å². The van der Waals surface area contributed by atoms with Crippen LogP contribution < -0.4 is 4.74 Å². The normalized spacial score (nSPS) is 15.2. The highest BCUT2D eigenvalue weighted by molar-refractivity contribution is 8.26. The molecule has 2 aromatic rings. The van der Waals surface area contributed by atoms with Crippen LogP contribution in [0.15, 0.2) is 53.4 Å². The molecule has 1 aliphatic rings. The number of thiocarbonyl (C=S) groups is 1. The van der Waals surface area contributed by atoms with E-state index in [4.69, 9.17) is 28.6 Å². The number of ether oxygens (including phenoxy) is 2. The number of methoxy groups -OCH3 is 1. The summed E-state index contributed by atoms with van der Waals surface area (Å²) in [5, 5.41) is 0.628. The van der Waals surface area contributed by atoms with Gasteiger partial charge in [-0.1, -0.05) is 72.0 Å². The molecular formula is C20H16ClNO4S2. The Hall–Kier alpha value is -2.35. The fourth-order valence-electron chi connectivity index (χ4n) is 2.47. The lowest BCUT2D eigenvalue weighted by Gasteiger charge is -2.12. The average molecular weight is 434 g/mol. The number of amides is 1. The summed E-state index contributed by atoms with van der Waals surface area (Å²) < 4.78 is 10.8. The summed E-state index contributed by atoms with van der Waals surface area (Å²) >= 11 is 12.5. The zero-order chi connectivity index (χ0) is 20.1. The van der Waals surface area contributed by atoms with Gasteiger partial charge in [-0.25, -0.2) is 0 Å². The maximum absolute atomic E-state index is 12.6. The highest BCUT2D eigenvalue weighted by Crippen LogP contribution is 2.34. The summed E-state index contributed by atoms with van der Waals surface area (Å²) in [6.45, 7) is 0.0942. The van der Waals surface area contributed by atoms with Gasteiger partial charge in [-0.05, 0) is 18.2 Å². The number of para-hydroxylation sites is 1. The Bertz CT molecular complexity index is 961. The quantitative estimate of drug-likeness (QED) is 0.384. The number of hydrogen-bond acceptors (Lipinski definition) is 6. The van der Waals surface area contributed by atoms with Crippen LogP contribution in [0, 0.1) is 0 Å². The van der Waals surface area contributed by atoms with Crippen molar-refractivity contribution >= 4 is 57.9 Å². The van der Waals surface area contributed by atoms with Crippen LogP contribution in [0.1, 0.15) is 11.1 Å². The minimum atomic E-state index is -0.527. The number of carbonyl (C=O) groups excluding carboxylic acids is 2. The molecule has 0 N–H and O–H groups in total. The topological polar surface area (TPSA) is 55.8 Å². The second-order valence-corrected chi connectivity index (χ2v) is 7.84. The molecule has 8 heteroatoms. The summed E-state index contributed by atoms with van der Waals surface area (Å²) in [6.07, 6.45) is 1.71. The lowest BCUT2D eigenvalue weighted by atomic mass is 10.1. The first-order chi connectivity index (χ1) is 13.5. The molecule has 0 saturated carbocycles. The SMILES string of the molecule is COC(=O)CN1C(=O)/C(=C/c2ccccc2OCc2ccccc2Cl)SC1=S. The van der Waals surface area contributed by atoms with Gasteiger partial charge in [0.1, 0.15) is 23.2 Å². The maximum atomic E-state index is 12.6. The van der Waals surface area contributed by atoms with E-state index in [2.05, 4.69) is 4.74 Å². The van der Waals surface area contributed by atoms with Gasteiger partial charge < -0.3 is 9.47 Å². The van der Waals surface area contributed by atoms with Crippen LogP contribution in [-0.4, -0.2) is 34.8 Å². The van der Waals surface area contributed by atoms with Gasteiger partial charge in [0.25, 0.3) is 5.91 Å². The minimum absolute atomic E-state index is 0.205. The molecule has 1 fully saturated rings. The molecule has 1 heterocycles. The van der Waals surface area contributed by atoms with E-state index in [-0.39, 0.29) is 12.5 Å². The van der Waals surface area contributed by atoms with Crippen LogP contribution >= 0.6 is 35.6 Å². The van der Waals surface area contributed by atoms with Crippen molar-refractivity contribution in [2.24, 2.45) is 0 Å². The smallest absolute Gasteiger partial charge is 0.325 e. The molecule has 2 aromatic carbocycles. The third-order valence-electron chi connectivity index (χ3n) is 3.94. The Balaban J connectivity index is 1.79. The predicted octanol–water partition coefficient (Wildman–Crippen LogP) is 4.29. The van der Waals surface area contributed by atoms with Crippen molar-refractivity contribution in [2.45, 2.75) is 6.61 Å². The molecule has 144 valence electrons. The van der Waals surface area contributed by atoms with Gasteiger partial charge in [-0.3, -0.25) is 14.5 Å². The number of hydrogen-bond donors (Lipinski definition) is 0. The van der Waals surface area contributed by atoms with E-state index in [0.29, 0.717) is 26.6 Å². The second kappa shape index (κ2) is 9.23. The van der Waals surface area contributed by atoms with E-state index >= 15 is 0 Å².